The normalized spacial score (nSPS) is 12.0. The number of hydrogen-bond donors (Lipinski definition) is 1. The Hall–Kier alpha value is -0.990. The lowest BCUT2D eigenvalue weighted by Crippen LogP contribution is -2.42. The molecule has 118 valence electrons. The second kappa shape index (κ2) is 7.33. The third kappa shape index (κ3) is 4.76. The zero-order chi connectivity index (χ0) is 16.2. The van der Waals surface area contributed by atoms with Crippen molar-refractivity contribution in [1.29, 1.82) is 0 Å². The second-order valence-electron chi connectivity index (χ2n) is 4.73. The summed E-state index contributed by atoms with van der Waals surface area (Å²) < 4.78 is 40.1. The standard InChI is InChI=1S/C13H18BrFN2O3S/c1-4-17(8-13(18)16-9(2)3)21(19,20)12-6-5-10(14)7-11(12)15/h5-7,9H,4,8H2,1-3H3,(H,16,18). The molecule has 1 amide bonds. The van der Waals surface area contributed by atoms with Crippen LogP contribution < -0.4 is 5.32 Å². The third-order valence-electron chi connectivity index (χ3n) is 2.63. The van der Waals surface area contributed by atoms with Crippen molar-refractivity contribution >= 4 is 31.9 Å². The lowest BCUT2D eigenvalue weighted by Gasteiger charge is -2.21. The number of likely N-dealkylation sites (N-methyl/N-ethyl adjacent to an activating group) is 1. The van der Waals surface area contributed by atoms with Crippen LogP contribution in [0.3, 0.4) is 0 Å². The smallest absolute Gasteiger partial charge is 0.246 e. The number of halogens is 2. The maximum absolute atomic E-state index is 13.9. The molecule has 0 unspecified atom stereocenters. The predicted molar refractivity (Wildman–Crippen MR) is 81.8 cm³/mol. The number of carbonyl (C=O) groups is 1. The molecule has 1 N–H and O–H groups in total. The quantitative estimate of drug-likeness (QED) is 0.821. The Morgan fingerprint density at radius 3 is 2.52 bits per heavy atom. The lowest BCUT2D eigenvalue weighted by atomic mass is 10.3. The van der Waals surface area contributed by atoms with Gasteiger partial charge in [-0.25, -0.2) is 12.8 Å². The monoisotopic (exact) mass is 380 g/mol. The Labute approximate surface area is 132 Å². The summed E-state index contributed by atoms with van der Waals surface area (Å²) in [5, 5.41) is 2.61. The molecular weight excluding hydrogens is 363 g/mol. The fraction of sp³-hybridized carbons (Fsp3) is 0.462. The van der Waals surface area contributed by atoms with E-state index in [0.29, 0.717) is 4.47 Å². The molecule has 0 fully saturated rings. The molecule has 1 aromatic rings. The highest BCUT2D eigenvalue weighted by molar-refractivity contribution is 9.10. The maximum Gasteiger partial charge on any atom is 0.246 e. The SMILES string of the molecule is CCN(CC(=O)NC(C)C)S(=O)(=O)c1ccc(Br)cc1F. The Morgan fingerprint density at radius 1 is 1.43 bits per heavy atom. The molecule has 0 heterocycles. The van der Waals surface area contributed by atoms with Gasteiger partial charge >= 0.3 is 0 Å². The molecule has 0 saturated carbocycles. The van der Waals surface area contributed by atoms with Crippen LogP contribution in [0.5, 0.6) is 0 Å². The first kappa shape index (κ1) is 18.1. The van der Waals surface area contributed by atoms with Gasteiger partial charge in [-0.1, -0.05) is 22.9 Å². The molecule has 0 aliphatic heterocycles. The van der Waals surface area contributed by atoms with Gasteiger partial charge in [0, 0.05) is 17.1 Å². The second-order valence-corrected chi connectivity index (χ2v) is 7.55. The average Bonchev–Trinajstić information content (AvgIpc) is 2.34. The minimum atomic E-state index is -4.05. The fourth-order valence-electron chi connectivity index (χ4n) is 1.72. The molecule has 21 heavy (non-hydrogen) atoms. The highest BCUT2D eigenvalue weighted by Gasteiger charge is 2.28. The van der Waals surface area contributed by atoms with Gasteiger partial charge in [-0.15, -0.1) is 0 Å². The summed E-state index contributed by atoms with van der Waals surface area (Å²) in [6.07, 6.45) is 0. The topological polar surface area (TPSA) is 66.5 Å². The molecule has 0 saturated heterocycles. The molecular formula is C13H18BrFN2O3S. The summed E-state index contributed by atoms with van der Waals surface area (Å²) in [6, 6.07) is 3.60. The number of sulfonamides is 1. The van der Waals surface area contributed by atoms with Gasteiger partial charge < -0.3 is 5.32 Å². The first-order chi connectivity index (χ1) is 9.68. The van der Waals surface area contributed by atoms with Crippen molar-refractivity contribution in [3.63, 3.8) is 0 Å². The Balaban J connectivity index is 3.05. The largest absolute Gasteiger partial charge is 0.353 e. The summed E-state index contributed by atoms with van der Waals surface area (Å²) in [5.41, 5.74) is 0. The third-order valence-corrected chi connectivity index (χ3v) is 5.08. The van der Waals surface area contributed by atoms with Crippen LogP contribution in [0.25, 0.3) is 0 Å². The van der Waals surface area contributed by atoms with E-state index in [4.69, 9.17) is 0 Å². The highest BCUT2D eigenvalue weighted by atomic mass is 79.9. The maximum atomic E-state index is 13.9. The van der Waals surface area contributed by atoms with E-state index >= 15 is 0 Å². The van der Waals surface area contributed by atoms with Crippen molar-refractivity contribution < 1.29 is 17.6 Å². The number of benzene rings is 1. The van der Waals surface area contributed by atoms with Crippen molar-refractivity contribution in [2.75, 3.05) is 13.1 Å². The number of nitrogens with one attached hydrogen (secondary N) is 1. The zero-order valence-electron chi connectivity index (χ0n) is 12.1. The van der Waals surface area contributed by atoms with E-state index in [9.17, 15) is 17.6 Å². The van der Waals surface area contributed by atoms with E-state index in [-0.39, 0.29) is 19.1 Å². The zero-order valence-corrected chi connectivity index (χ0v) is 14.5. The Bertz CT molecular complexity index is 620. The molecule has 1 aromatic carbocycles. The van der Waals surface area contributed by atoms with Gasteiger partial charge in [0.25, 0.3) is 0 Å². The van der Waals surface area contributed by atoms with E-state index < -0.39 is 26.6 Å². The number of hydrogen-bond acceptors (Lipinski definition) is 3. The lowest BCUT2D eigenvalue weighted by molar-refractivity contribution is -0.121. The summed E-state index contributed by atoms with van der Waals surface area (Å²) in [7, 11) is -4.05. The van der Waals surface area contributed by atoms with Crippen molar-refractivity contribution in [3.8, 4) is 0 Å². The first-order valence-corrected chi connectivity index (χ1v) is 8.66. The van der Waals surface area contributed by atoms with Crippen molar-refractivity contribution in [2.45, 2.75) is 31.7 Å². The van der Waals surface area contributed by atoms with Gasteiger partial charge in [0.2, 0.25) is 15.9 Å². The van der Waals surface area contributed by atoms with Gasteiger partial charge in [-0.3, -0.25) is 4.79 Å². The van der Waals surface area contributed by atoms with Crippen molar-refractivity contribution in [3.05, 3.63) is 28.5 Å². The average molecular weight is 381 g/mol. The molecule has 1 rings (SSSR count). The van der Waals surface area contributed by atoms with E-state index in [1.54, 1.807) is 20.8 Å². The van der Waals surface area contributed by atoms with E-state index in [2.05, 4.69) is 21.2 Å². The number of rotatable bonds is 6. The van der Waals surface area contributed by atoms with Crippen LogP contribution in [0.2, 0.25) is 0 Å². The first-order valence-electron chi connectivity index (χ1n) is 6.43. The molecule has 0 bridgehead atoms. The van der Waals surface area contributed by atoms with Crippen LogP contribution in [-0.4, -0.2) is 37.8 Å². The van der Waals surface area contributed by atoms with Gasteiger partial charge in [-0.05, 0) is 32.0 Å². The minimum Gasteiger partial charge on any atom is -0.353 e. The molecule has 0 atom stereocenters. The molecule has 5 nitrogen and oxygen atoms in total. The van der Waals surface area contributed by atoms with Crippen molar-refractivity contribution in [1.82, 2.24) is 9.62 Å². The van der Waals surface area contributed by atoms with Gasteiger partial charge in [0.1, 0.15) is 10.7 Å². The van der Waals surface area contributed by atoms with Crippen LogP contribution >= 0.6 is 15.9 Å². The summed E-state index contributed by atoms with van der Waals surface area (Å²) in [5.74, 6) is -1.28. The van der Waals surface area contributed by atoms with Gasteiger partial charge in [0.15, 0.2) is 0 Å². The van der Waals surface area contributed by atoms with E-state index in [1.807, 2.05) is 0 Å². The summed E-state index contributed by atoms with van der Waals surface area (Å²) >= 11 is 3.07. The molecule has 0 spiro atoms. The molecule has 0 radical (unpaired) electrons. The molecule has 0 aliphatic rings. The Morgan fingerprint density at radius 2 is 2.05 bits per heavy atom. The molecule has 0 aromatic heterocycles. The Kier molecular flexibility index (Phi) is 6.30. The van der Waals surface area contributed by atoms with Gasteiger partial charge in [0.05, 0.1) is 6.54 Å². The van der Waals surface area contributed by atoms with E-state index in [0.717, 1.165) is 10.4 Å². The highest BCUT2D eigenvalue weighted by Crippen LogP contribution is 2.22. The van der Waals surface area contributed by atoms with Crippen LogP contribution in [-0.2, 0) is 14.8 Å². The minimum absolute atomic E-state index is 0.0728. The fourth-order valence-corrected chi connectivity index (χ4v) is 3.50. The van der Waals surface area contributed by atoms with Crippen molar-refractivity contribution in [2.24, 2.45) is 0 Å². The number of nitrogens with zero attached hydrogens (tertiary/aromatic N) is 1. The number of carbonyl (C=O) groups excluding carboxylic acids is 1. The summed E-state index contributed by atoms with van der Waals surface area (Å²) in [4.78, 5) is 11.3. The molecule has 0 aliphatic carbocycles. The number of amides is 1. The van der Waals surface area contributed by atoms with Crippen LogP contribution in [0.1, 0.15) is 20.8 Å². The molecule has 8 heteroatoms. The van der Waals surface area contributed by atoms with Crippen LogP contribution in [0.4, 0.5) is 4.39 Å². The van der Waals surface area contributed by atoms with E-state index in [1.165, 1.54) is 12.1 Å². The van der Waals surface area contributed by atoms with Crippen LogP contribution in [0.15, 0.2) is 27.6 Å². The van der Waals surface area contributed by atoms with Gasteiger partial charge in [-0.2, -0.15) is 4.31 Å². The predicted octanol–water partition coefficient (Wildman–Crippen LogP) is 2.12. The van der Waals surface area contributed by atoms with Crippen LogP contribution in [0, 0.1) is 5.82 Å². The summed E-state index contributed by atoms with van der Waals surface area (Å²) in [6.45, 7) is 4.88.